The van der Waals surface area contributed by atoms with Crippen molar-refractivity contribution in [1.29, 1.82) is 0 Å². The van der Waals surface area contributed by atoms with Crippen molar-refractivity contribution < 1.29 is 19.2 Å². The van der Waals surface area contributed by atoms with Crippen molar-refractivity contribution in [2.45, 2.75) is 13.7 Å². The number of H-pyrrole nitrogens is 1. The summed E-state index contributed by atoms with van der Waals surface area (Å²) in [6.07, 6.45) is 1.44. The van der Waals surface area contributed by atoms with Gasteiger partial charge in [-0.05, 0) is 24.0 Å². The number of hydrogen-bond acceptors (Lipinski definition) is 8. The molecule has 0 radical (unpaired) electrons. The Morgan fingerprint density at radius 2 is 2.19 bits per heavy atom. The first-order valence-electron chi connectivity index (χ1n) is 7.57. The lowest BCUT2D eigenvalue weighted by Crippen LogP contribution is -2.07. The Balaban J connectivity index is 1.75. The molecule has 1 N–H and O–H groups in total. The Kier molecular flexibility index (Phi) is 4.87. The number of hydrogen-bond donors (Lipinski definition) is 1. The molecule has 0 fully saturated rings. The van der Waals surface area contributed by atoms with Gasteiger partial charge in [0.1, 0.15) is 11.4 Å². The van der Waals surface area contributed by atoms with Crippen LogP contribution >= 0.6 is 0 Å². The first-order chi connectivity index (χ1) is 12.6. The van der Waals surface area contributed by atoms with Crippen LogP contribution in [0.25, 0.3) is 11.3 Å². The van der Waals surface area contributed by atoms with E-state index in [-0.39, 0.29) is 24.8 Å². The van der Waals surface area contributed by atoms with E-state index in [0.29, 0.717) is 17.0 Å². The van der Waals surface area contributed by atoms with E-state index >= 15 is 0 Å². The predicted octanol–water partition coefficient (Wildman–Crippen LogP) is 1.79. The summed E-state index contributed by atoms with van der Waals surface area (Å²) in [7, 11) is 0. The van der Waals surface area contributed by atoms with Gasteiger partial charge >= 0.3 is 11.8 Å². The fourth-order valence-corrected chi connectivity index (χ4v) is 2.17. The summed E-state index contributed by atoms with van der Waals surface area (Å²) in [6.45, 7) is 1.91. The standard InChI is InChI=1S/C15H14N6O5/c1-2-25-15(22)14-13(16-19-17-14)10-4-3-5-11(8-10)26-9-20-7-6-12(18-20)21(23)24/h3-8H,2,9H2,1H3,(H,16,17,19). The smallest absolute Gasteiger partial charge is 0.390 e. The van der Waals surface area contributed by atoms with Crippen LogP contribution in [0.4, 0.5) is 5.82 Å². The molecule has 3 rings (SSSR count). The van der Waals surface area contributed by atoms with Gasteiger partial charge in [-0.1, -0.05) is 12.1 Å². The van der Waals surface area contributed by atoms with Crippen LogP contribution in [0.3, 0.4) is 0 Å². The molecule has 0 saturated carbocycles. The fraction of sp³-hybridized carbons (Fsp3) is 0.200. The highest BCUT2D eigenvalue weighted by atomic mass is 16.6. The minimum absolute atomic E-state index is 0.0131. The van der Waals surface area contributed by atoms with Crippen LogP contribution in [0.2, 0.25) is 0 Å². The molecule has 0 amide bonds. The van der Waals surface area contributed by atoms with Crippen molar-refractivity contribution in [1.82, 2.24) is 25.2 Å². The molecular formula is C15H14N6O5. The third kappa shape index (κ3) is 3.66. The summed E-state index contributed by atoms with van der Waals surface area (Å²) < 4.78 is 11.8. The monoisotopic (exact) mass is 358 g/mol. The Hall–Kier alpha value is -3.76. The summed E-state index contributed by atoms with van der Waals surface area (Å²) in [4.78, 5) is 22.0. The number of nitrogens with zero attached hydrogens (tertiary/aromatic N) is 5. The quantitative estimate of drug-likeness (QED) is 0.383. The summed E-state index contributed by atoms with van der Waals surface area (Å²) in [5, 5.41) is 24.6. The van der Waals surface area contributed by atoms with E-state index in [1.807, 2.05) is 0 Å². The lowest BCUT2D eigenvalue weighted by atomic mass is 10.1. The molecule has 3 aromatic rings. The average molecular weight is 358 g/mol. The third-order valence-corrected chi connectivity index (χ3v) is 3.30. The number of esters is 1. The number of nitrogens with one attached hydrogen (secondary N) is 1. The highest BCUT2D eigenvalue weighted by Crippen LogP contribution is 2.24. The lowest BCUT2D eigenvalue weighted by molar-refractivity contribution is -0.389. The van der Waals surface area contributed by atoms with Crippen molar-refractivity contribution in [3.05, 3.63) is 52.3 Å². The van der Waals surface area contributed by atoms with Crippen LogP contribution in [0.1, 0.15) is 17.4 Å². The van der Waals surface area contributed by atoms with Gasteiger partial charge in [-0.25, -0.2) is 4.79 Å². The summed E-state index contributed by atoms with van der Waals surface area (Å²) in [5.41, 5.74) is 1.01. The zero-order chi connectivity index (χ0) is 18.5. The van der Waals surface area contributed by atoms with Gasteiger partial charge in [0.15, 0.2) is 5.69 Å². The molecular weight excluding hydrogens is 344 g/mol. The molecule has 0 atom stereocenters. The molecule has 26 heavy (non-hydrogen) atoms. The van der Waals surface area contributed by atoms with Gasteiger partial charge in [-0.3, -0.25) is 0 Å². The van der Waals surface area contributed by atoms with E-state index in [4.69, 9.17) is 9.47 Å². The first-order valence-corrected chi connectivity index (χ1v) is 7.57. The van der Waals surface area contributed by atoms with E-state index in [1.165, 1.54) is 16.9 Å². The van der Waals surface area contributed by atoms with Crippen LogP contribution in [0.5, 0.6) is 5.75 Å². The van der Waals surface area contributed by atoms with E-state index in [1.54, 1.807) is 31.2 Å². The van der Waals surface area contributed by atoms with Crippen molar-refractivity contribution in [3.63, 3.8) is 0 Å². The molecule has 2 heterocycles. The number of rotatable bonds is 7. The number of nitro groups is 1. The molecule has 0 spiro atoms. The van der Waals surface area contributed by atoms with E-state index in [0.717, 1.165) is 0 Å². The van der Waals surface area contributed by atoms with Gasteiger partial charge in [-0.15, -0.1) is 9.78 Å². The molecule has 0 bridgehead atoms. The van der Waals surface area contributed by atoms with Crippen LogP contribution in [-0.4, -0.2) is 42.7 Å². The Morgan fingerprint density at radius 3 is 2.92 bits per heavy atom. The van der Waals surface area contributed by atoms with E-state index in [9.17, 15) is 14.9 Å². The molecule has 11 heteroatoms. The highest BCUT2D eigenvalue weighted by molar-refractivity contribution is 5.93. The summed E-state index contributed by atoms with van der Waals surface area (Å²) in [6, 6.07) is 8.11. The minimum Gasteiger partial charge on any atom is -0.469 e. The molecule has 11 nitrogen and oxygen atoms in total. The topological polar surface area (TPSA) is 138 Å². The average Bonchev–Trinajstić information content (AvgIpc) is 3.30. The normalized spacial score (nSPS) is 10.5. The number of carbonyl (C=O) groups is 1. The maximum Gasteiger partial charge on any atom is 0.390 e. The first kappa shape index (κ1) is 17.1. The molecule has 134 valence electrons. The Morgan fingerprint density at radius 1 is 1.35 bits per heavy atom. The van der Waals surface area contributed by atoms with Crippen molar-refractivity contribution in [2.75, 3.05) is 6.61 Å². The SMILES string of the molecule is CCOC(=O)c1n[nH]nc1-c1cccc(OCn2ccc([N+](=O)[O-])n2)c1. The van der Waals surface area contributed by atoms with Gasteiger partial charge < -0.3 is 19.6 Å². The van der Waals surface area contributed by atoms with Crippen molar-refractivity contribution in [2.24, 2.45) is 0 Å². The molecule has 0 aliphatic rings. The van der Waals surface area contributed by atoms with Crippen LogP contribution in [0.15, 0.2) is 36.5 Å². The van der Waals surface area contributed by atoms with Gasteiger partial charge in [0.05, 0.1) is 24.0 Å². The molecule has 0 aliphatic heterocycles. The van der Waals surface area contributed by atoms with Crippen molar-refractivity contribution >= 4 is 11.8 Å². The lowest BCUT2D eigenvalue weighted by Gasteiger charge is -2.06. The number of aromatic amines is 1. The molecule has 1 aromatic carbocycles. The summed E-state index contributed by atoms with van der Waals surface area (Å²) >= 11 is 0. The predicted molar refractivity (Wildman–Crippen MR) is 87.3 cm³/mol. The third-order valence-electron chi connectivity index (χ3n) is 3.30. The van der Waals surface area contributed by atoms with Crippen LogP contribution in [0, 0.1) is 10.1 Å². The van der Waals surface area contributed by atoms with Gasteiger partial charge in [0, 0.05) is 5.56 Å². The number of aromatic nitrogens is 5. The zero-order valence-electron chi connectivity index (χ0n) is 13.7. The Bertz CT molecular complexity index is 934. The second-order valence-corrected chi connectivity index (χ2v) is 5.01. The number of ether oxygens (including phenoxy) is 2. The molecule has 0 saturated heterocycles. The largest absolute Gasteiger partial charge is 0.469 e. The Labute approximate surface area is 146 Å². The molecule has 2 aromatic heterocycles. The second-order valence-electron chi connectivity index (χ2n) is 5.01. The number of benzene rings is 1. The van der Waals surface area contributed by atoms with Gasteiger partial charge in [0.25, 0.3) is 0 Å². The van der Waals surface area contributed by atoms with Gasteiger partial charge in [-0.2, -0.15) is 10.3 Å². The van der Waals surface area contributed by atoms with Crippen LogP contribution in [-0.2, 0) is 11.5 Å². The van der Waals surface area contributed by atoms with Crippen LogP contribution < -0.4 is 4.74 Å². The van der Waals surface area contributed by atoms with E-state index in [2.05, 4.69) is 20.5 Å². The fourth-order valence-electron chi connectivity index (χ4n) is 2.17. The minimum atomic E-state index is -0.585. The maximum absolute atomic E-state index is 11.9. The summed E-state index contributed by atoms with van der Waals surface area (Å²) in [5.74, 6) is -0.367. The second kappa shape index (κ2) is 7.42. The van der Waals surface area contributed by atoms with E-state index < -0.39 is 10.9 Å². The van der Waals surface area contributed by atoms with Crippen molar-refractivity contribution in [3.8, 4) is 17.0 Å². The zero-order valence-corrected chi connectivity index (χ0v) is 13.7. The molecule has 0 aliphatic carbocycles. The number of carbonyl (C=O) groups excluding carboxylic acids is 1. The highest BCUT2D eigenvalue weighted by Gasteiger charge is 2.19. The van der Waals surface area contributed by atoms with Gasteiger partial charge in [0.2, 0.25) is 6.73 Å². The maximum atomic E-state index is 11.9. The molecule has 0 unspecified atom stereocenters.